The van der Waals surface area contributed by atoms with E-state index >= 15 is 0 Å². The molecular formula is C25H25N5O5. The van der Waals surface area contributed by atoms with Gasteiger partial charge in [0.1, 0.15) is 0 Å². The zero-order valence-electron chi connectivity index (χ0n) is 19.6. The van der Waals surface area contributed by atoms with Crippen LogP contribution in [0.5, 0.6) is 0 Å². The summed E-state index contributed by atoms with van der Waals surface area (Å²) in [5.74, 6) is -1.68. The number of hydrazine groups is 1. The fourth-order valence-electron chi connectivity index (χ4n) is 3.68. The molecule has 0 radical (unpaired) electrons. The van der Waals surface area contributed by atoms with Gasteiger partial charge in [0.2, 0.25) is 11.8 Å². The molecule has 1 saturated heterocycles. The topological polar surface area (TPSA) is 123 Å². The van der Waals surface area contributed by atoms with Crippen LogP contribution in [0.2, 0.25) is 0 Å². The molecule has 0 spiro atoms. The Labute approximate surface area is 201 Å². The second kappa shape index (κ2) is 9.80. The fraction of sp³-hybridized carbons (Fsp3) is 0.240. The molecule has 4 rings (SSSR count). The van der Waals surface area contributed by atoms with E-state index in [9.17, 15) is 19.2 Å². The highest BCUT2D eigenvalue weighted by atomic mass is 16.5. The van der Waals surface area contributed by atoms with Crippen LogP contribution in [0.3, 0.4) is 0 Å². The lowest BCUT2D eigenvalue weighted by Gasteiger charge is -2.27. The van der Waals surface area contributed by atoms with E-state index in [1.165, 1.54) is 24.3 Å². The minimum absolute atomic E-state index is 0.119. The molecule has 1 aromatic heterocycles. The summed E-state index contributed by atoms with van der Waals surface area (Å²) in [6.45, 7) is 5.16. The summed E-state index contributed by atoms with van der Waals surface area (Å²) >= 11 is 0. The number of nitrogens with one attached hydrogen (secondary N) is 2. The van der Waals surface area contributed by atoms with Gasteiger partial charge in [-0.3, -0.25) is 19.8 Å². The molecule has 10 nitrogen and oxygen atoms in total. The largest absolute Gasteiger partial charge is 0.452 e. The van der Waals surface area contributed by atoms with Crippen LogP contribution in [0.15, 0.2) is 48.5 Å². The average Bonchev–Trinajstić information content (AvgIpc) is 3.13. The van der Waals surface area contributed by atoms with Gasteiger partial charge in [-0.2, -0.15) is 5.10 Å². The number of ether oxygens (including phenoxy) is 1. The smallest absolute Gasteiger partial charge is 0.338 e. The number of aryl methyl sites for hydroxylation is 2. The van der Waals surface area contributed by atoms with Crippen LogP contribution < -0.4 is 15.8 Å². The number of anilines is 2. The summed E-state index contributed by atoms with van der Waals surface area (Å²) in [4.78, 5) is 48.4. The van der Waals surface area contributed by atoms with Gasteiger partial charge < -0.3 is 10.1 Å². The first-order chi connectivity index (χ1) is 16.7. The van der Waals surface area contributed by atoms with E-state index in [4.69, 9.17) is 4.74 Å². The molecule has 2 N–H and O–H groups in total. The van der Waals surface area contributed by atoms with E-state index in [0.717, 1.165) is 22.0 Å². The average molecular weight is 476 g/mol. The SMILES string of the molecule is Cc1ccc(-n2nc(C)c(NC(=O)COC(=O)c3ccc(N4NC(=O)CCC4=O)cc3)c2C)cc1. The van der Waals surface area contributed by atoms with Crippen LogP contribution in [0.25, 0.3) is 5.69 Å². The molecule has 3 amide bonds. The number of carbonyl (C=O) groups is 4. The highest BCUT2D eigenvalue weighted by molar-refractivity contribution is 6.01. The van der Waals surface area contributed by atoms with Crippen molar-refractivity contribution in [3.8, 4) is 5.69 Å². The van der Waals surface area contributed by atoms with Gasteiger partial charge in [0, 0.05) is 12.8 Å². The lowest BCUT2D eigenvalue weighted by atomic mass is 10.2. The van der Waals surface area contributed by atoms with Crippen molar-refractivity contribution in [1.82, 2.24) is 15.2 Å². The van der Waals surface area contributed by atoms with Crippen LogP contribution in [-0.2, 0) is 19.1 Å². The number of hydrogen-bond donors (Lipinski definition) is 2. The Morgan fingerprint density at radius 1 is 0.971 bits per heavy atom. The highest BCUT2D eigenvalue weighted by Gasteiger charge is 2.24. The maximum atomic E-state index is 12.5. The second-order valence-corrected chi connectivity index (χ2v) is 8.23. The van der Waals surface area contributed by atoms with Crippen molar-refractivity contribution in [1.29, 1.82) is 0 Å². The van der Waals surface area contributed by atoms with Crippen molar-refractivity contribution in [3.05, 3.63) is 71.0 Å². The van der Waals surface area contributed by atoms with E-state index in [0.29, 0.717) is 17.1 Å². The number of hydrogen-bond acceptors (Lipinski definition) is 6. The van der Waals surface area contributed by atoms with E-state index in [-0.39, 0.29) is 30.2 Å². The molecule has 1 aliphatic rings. The molecule has 1 fully saturated rings. The molecule has 0 atom stereocenters. The Kier molecular flexibility index (Phi) is 6.63. The number of carbonyl (C=O) groups excluding carboxylic acids is 4. The summed E-state index contributed by atoms with van der Waals surface area (Å²) in [6, 6.07) is 13.8. The zero-order chi connectivity index (χ0) is 25.1. The van der Waals surface area contributed by atoms with Crippen molar-refractivity contribution in [2.45, 2.75) is 33.6 Å². The van der Waals surface area contributed by atoms with Gasteiger partial charge in [0.05, 0.1) is 34.0 Å². The molecule has 3 aromatic rings. The fourth-order valence-corrected chi connectivity index (χ4v) is 3.68. The number of amides is 3. The van der Waals surface area contributed by atoms with Gasteiger partial charge in [0.15, 0.2) is 6.61 Å². The van der Waals surface area contributed by atoms with Gasteiger partial charge in [-0.15, -0.1) is 0 Å². The van der Waals surface area contributed by atoms with Crippen molar-refractivity contribution in [3.63, 3.8) is 0 Å². The van der Waals surface area contributed by atoms with Gasteiger partial charge in [-0.1, -0.05) is 17.7 Å². The first kappa shape index (κ1) is 23.7. The van der Waals surface area contributed by atoms with Crippen LogP contribution >= 0.6 is 0 Å². The highest BCUT2D eigenvalue weighted by Crippen LogP contribution is 2.23. The maximum Gasteiger partial charge on any atom is 0.338 e. The predicted octanol–water partition coefficient (Wildman–Crippen LogP) is 2.75. The summed E-state index contributed by atoms with van der Waals surface area (Å²) in [6.07, 6.45) is 0.265. The third-order valence-corrected chi connectivity index (χ3v) is 5.58. The van der Waals surface area contributed by atoms with Crippen molar-refractivity contribution >= 4 is 35.1 Å². The van der Waals surface area contributed by atoms with Crippen LogP contribution in [0, 0.1) is 20.8 Å². The number of benzene rings is 2. The van der Waals surface area contributed by atoms with Crippen LogP contribution in [0.1, 0.15) is 40.2 Å². The second-order valence-electron chi connectivity index (χ2n) is 8.23. The number of nitrogens with zero attached hydrogens (tertiary/aromatic N) is 3. The summed E-state index contributed by atoms with van der Waals surface area (Å²) < 4.78 is 6.89. The zero-order valence-corrected chi connectivity index (χ0v) is 19.6. The number of esters is 1. The Balaban J connectivity index is 1.36. The molecule has 2 aromatic carbocycles. The Morgan fingerprint density at radius 3 is 2.31 bits per heavy atom. The minimum atomic E-state index is -0.690. The molecule has 180 valence electrons. The molecule has 10 heteroatoms. The Hall–Kier alpha value is -4.47. The van der Waals surface area contributed by atoms with E-state index in [2.05, 4.69) is 15.8 Å². The lowest BCUT2D eigenvalue weighted by molar-refractivity contribution is -0.130. The van der Waals surface area contributed by atoms with Gasteiger partial charge >= 0.3 is 5.97 Å². The summed E-state index contributed by atoms with van der Waals surface area (Å²) in [5.41, 5.74) is 7.07. The van der Waals surface area contributed by atoms with Crippen molar-refractivity contribution in [2.75, 3.05) is 16.9 Å². The van der Waals surface area contributed by atoms with Crippen LogP contribution in [-0.4, -0.2) is 40.1 Å². The third kappa shape index (κ3) is 5.21. The first-order valence-electron chi connectivity index (χ1n) is 11.1. The van der Waals surface area contributed by atoms with Gasteiger partial charge in [-0.05, 0) is 57.2 Å². The van der Waals surface area contributed by atoms with E-state index in [1.54, 1.807) is 11.6 Å². The quantitative estimate of drug-likeness (QED) is 0.529. The summed E-state index contributed by atoms with van der Waals surface area (Å²) in [7, 11) is 0. The molecule has 0 aliphatic carbocycles. The standard InChI is InChI=1S/C25H25N5O5/c1-15-4-8-19(9-5-15)29-17(3)24(16(2)27-29)26-22(32)14-35-25(34)18-6-10-20(11-7-18)30-23(33)13-12-21(31)28-30/h4-11H,12-14H2,1-3H3,(H,26,32)(H,28,31). The van der Waals surface area contributed by atoms with Crippen molar-refractivity contribution in [2.24, 2.45) is 0 Å². The molecule has 0 bridgehead atoms. The predicted molar refractivity (Wildman–Crippen MR) is 128 cm³/mol. The number of rotatable bonds is 6. The van der Waals surface area contributed by atoms with Gasteiger partial charge in [-0.25, -0.2) is 14.5 Å². The first-order valence-corrected chi connectivity index (χ1v) is 11.1. The van der Waals surface area contributed by atoms with E-state index in [1.807, 2.05) is 38.1 Å². The minimum Gasteiger partial charge on any atom is -0.452 e. The normalized spacial score (nSPS) is 13.4. The Bertz CT molecular complexity index is 1300. The van der Waals surface area contributed by atoms with Crippen LogP contribution in [0.4, 0.5) is 11.4 Å². The van der Waals surface area contributed by atoms with Crippen molar-refractivity contribution < 1.29 is 23.9 Å². The third-order valence-electron chi connectivity index (χ3n) is 5.58. The monoisotopic (exact) mass is 475 g/mol. The summed E-state index contributed by atoms with van der Waals surface area (Å²) in [5, 5.41) is 8.42. The molecule has 0 unspecified atom stereocenters. The molecular weight excluding hydrogens is 450 g/mol. The molecule has 2 heterocycles. The van der Waals surface area contributed by atoms with E-state index < -0.39 is 18.5 Å². The van der Waals surface area contributed by atoms with Gasteiger partial charge in [0.25, 0.3) is 5.91 Å². The molecule has 35 heavy (non-hydrogen) atoms. The maximum absolute atomic E-state index is 12.5. The number of aromatic nitrogens is 2. The Morgan fingerprint density at radius 2 is 1.63 bits per heavy atom. The molecule has 0 saturated carbocycles. The lowest BCUT2D eigenvalue weighted by Crippen LogP contribution is -2.50. The molecule has 1 aliphatic heterocycles.